The predicted octanol–water partition coefficient (Wildman–Crippen LogP) is 3.56. The molecule has 0 aliphatic heterocycles. The minimum atomic E-state index is -0.536. The van der Waals surface area contributed by atoms with Gasteiger partial charge in [0.1, 0.15) is 6.10 Å². The van der Waals surface area contributed by atoms with Crippen molar-refractivity contribution in [3.63, 3.8) is 0 Å². The van der Waals surface area contributed by atoms with E-state index in [0.717, 1.165) is 0 Å². The lowest BCUT2D eigenvalue weighted by atomic mass is 10.1. The first-order valence-corrected chi connectivity index (χ1v) is 8.31. The summed E-state index contributed by atoms with van der Waals surface area (Å²) in [5, 5.41) is 5.65. The average molecular weight is 335 g/mol. The number of urea groups is 1. The van der Waals surface area contributed by atoms with Gasteiger partial charge in [-0.05, 0) is 44.9 Å². The summed E-state index contributed by atoms with van der Waals surface area (Å²) in [5.74, 6) is 0.140. The van der Waals surface area contributed by atoms with Gasteiger partial charge in [0.25, 0.3) is 5.91 Å². The van der Waals surface area contributed by atoms with E-state index in [4.69, 9.17) is 4.74 Å². The van der Waals surface area contributed by atoms with Crippen LogP contribution in [0.2, 0.25) is 0 Å². The molecule has 1 aromatic rings. The van der Waals surface area contributed by atoms with Crippen LogP contribution in [0.5, 0.6) is 0 Å². The molecule has 6 heteroatoms. The van der Waals surface area contributed by atoms with Crippen LogP contribution in [0, 0.1) is 5.92 Å². The Kier molecular flexibility index (Phi) is 7.71. The molecule has 0 aromatic heterocycles. The summed E-state index contributed by atoms with van der Waals surface area (Å²) in [6, 6.07) is 7.07. The van der Waals surface area contributed by atoms with Crippen molar-refractivity contribution < 1.29 is 14.3 Å². The molecule has 1 rings (SSSR count). The van der Waals surface area contributed by atoms with Crippen molar-refractivity contribution in [1.29, 1.82) is 0 Å². The molecule has 134 valence electrons. The lowest BCUT2D eigenvalue weighted by molar-refractivity contribution is -0.124. The molecular weight excluding hydrogens is 306 g/mol. The molecule has 0 saturated carbocycles. The summed E-state index contributed by atoms with van der Waals surface area (Å²) in [4.78, 5) is 26.1. The highest BCUT2D eigenvalue weighted by molar-refractivity contribution is 5.95. The summed E-state index contributed by atoms with van der Waals surface area (Å²) >= 11 is 0. The molecule has 2 N–H and O–H groups in total. The molecule has 0 aliphatic carbocycles. The molecule has 24 heavy (non-hydrogen) atoms. The number of hydrogen-bond donors (Lipinski definition) is 2. The fourth-order valence-electron chi connectivity index (χ4n) is 2.20. The Morgan fingerprint density at radius 3 is 2.21 bits per heavy atom. The molecule has 0 spiro atoms. The zero-order valence-corrected chi connectivity index (χ0v) is 15.4. The Labute approximate surface area is 144 Å². The van der Waals surface area contributed by atoms with Crippen molar-refractivity contribution in [3.05, 3.63) is 24.3 Å². The van der Waals surface area contributed by atoms with Crippen LogP contribution in [-0.2, 0) is 9.53 Å². The van der Waals surface area contributed by atoms with E-state index in [1.165, 1.54) is 7.11 Å². The number of nitrogens with zero attached hydrogens (tertiary/aromatic N) is 1. The van der Waals surface area contributed by atoms with Crippen molar-refractivity contribution in [2.75, 3.05) is 24.3 Å². The molecule has 0 heterocycles. The maximum absolute atomic E-state index is 12.5. The summed E-state index contributed by atoms with van der Waals surface area (Å²) in [6.07, 6.45) is -0.536. The number of rotatable bonds is 7. The van der Waals surface area contributed by atoms with Crippen LogP contribution in [-0.4, -0.2) is 42.6 Å². The van der Waals surface area contributed by atoms with Crippen LogP contribution in [0.3, 0.4) is 0 Å². The second-order valence-electron chi connectivity index (χ2n) is 6.15. The first-order chi connectivity index (χ1) is 11.3. The van der Waals surface area contributed by atoms with Crippen LogP contribution < -0.4 is 10.6 Å². The summed E-state index contributed by atoms with van der Waals surface area (Å²) in [5.41, 5.74) is 1.25. The second-order valence-corrected chi connectivity index (χ2v) is 6.15. The van der Waals surface area contributed by atoms with E-state index in [0.29, 0.717) is 23.8 Å². The summed E-state index contributed by atoms with van der Waals surface area (Å²) < 4.78 is 4.99. The molecule has 3 amide bonds. The van der Waals surface area contributed by atoms with Crippen molar-refractivity contribution in [2.45, 2.75) is 46.8 Å². The molecule has 0 bridgehead atoms. The topological polar surface area (TPSA) is 70.7 Å². The third-order valence-electron chi connectivity index (χ3n) is 4.16. The average Bonchev–Trinajstić information content (AvgIpc) is 2.54. The number of carbonyl (C=O) groups excluding carboxylic acids is 2. The molecule has 0 aliphatic rings. The first-order valence-electron chi connectivity index (χ1n) is 8.31. The van der Waals surface area contributed by atoms with Gasteiger partial charge >= 0.3 is 6.03 Å². The van der Waals surface area contributed by atoms with Crippen molar-refractivity contribution in [2.24, 2.45) is 5.92 Å². The SMILES string of the molecule is CCN(C(=O)Nc1cccc(NC(=O)[C@H](C)OC)c1)[C@H](C)C(C)C. The highest BCUT2D eigenvalue weighted by atomic mass is 16.5. The minimum Gasteiger partial charge on any atom is -0.372 e. The van der Waals surface area contributed by atoms with Crippen molar-refractivity contribution >= 4 is 23.3 Å². The molecule has 6 nitrogen and oxygen atoms in total. The lowest BCUT2D eigenvalue weighted by Crippen LogP contribution is -2.43. The Balaban J connectivity index is 2.79. The molecule has 1 aromatic carbocycles. The molecule has 0 fully saturated rings. The highest BCUT2D eigenvalue weighted by Gasteiger charge is 2.21. The zero-order valence-electron chi connectivity index (χ0n) is 15.4. The largest absolute Gasteiger partial charge is 0.372 e. The second kappa shape index (κ2) is 9.27. The van der Waals surface area contributed by atoms with E-state index < -0.39 is 6.10 Å². The quantitative estimate of drug-likeness (QED) is 0.800. The maximum atomic E-state index is 12.5. The fraction of sp³-hybridized carbons (Fsp3) is 0.556. The van der Waals surface area contributed by atoms with E-state index in [9.17, 15) is 9.59 Å². The monoisotopic (exact) mass is 335 g/mol. The number of carbonyl (C=O) groups is 2. The van der Waals surface area contributed by atoms with E-state index >= 15 is 0 Å². The number of ether oxygens (including phenoxy) is 1. The van der Waals surface area contributed by atoms with Gasteiger partial charge in [0.15, 0.2) is 0 Å². The van der Waals surface area contributed by atoms with E-state index in [1.54, 1.807) is 36.1 Å². The van der Waals surface area contributed by atoms with Gasteiger partial charge in [-0.3, -0.25) is 4.79 Å². The van der Waals surface area contributed by atoms with Crippen LogP contribution in [0.15, 0.2) is 24.3 Å². The van der Waals surface area contributed by atoms with E-state index in [2.05, 4.69) is 24.5 Å². The fourth-order valence-corrected chi connectivity index (χ4v) is 2.20. The Bertz CT molecular complexity index is 560. The van der Waals surface area contributed by atoms with Crippen LogP contribution in [0.4, 0.5) is 16.2 Å². The van der Waals surface area contributed by atoms with Gasteiger partial charge in [0.05, 0.1) is 0 Å². The van der Waals surface area contributed by atoms with Gasteiger partial charge in [-0.15, -0.1) is 0 Å². The number of anilines is 2. The Hall–Kier alpha value is -2.08. The van der Waals surface area contributed by atoms with Gasteiger partial charge in [-0.2, -0.15) is 0 Å². The third kappa shape index (κ3) is 5.53. The van der Waals surface area contributed by atoms with Crippen molar-refractivity contribution in [1.82, 2.24) is 4.90 Å². The smallest absolute Gasteiger partial charge is 0.322 e. The Morgan fingerprint density at radius 1 is 1.12 bits per heavy atom. The van der Waals surface area contributed by atoms with Crippen LogP contribution in [0.1, 0.15) is 34.6 Å². The van der Waals surface area contributed by atoms with Crippen molar-refractivity contribution in [3.8, 4) is 0 Å². The predicted molar refractivity (Wildman–Crippen MR) is 97.2 cm³/mol. The number of amides is 3. The molecule has 0 saturated heterocycles. The van der Waals surface area contributed by atoms with Gasteiger partial charge in [0.2, 0.25) is 0 Å². The number of benzene rings is 1. The molecule has 0 unspecified atom stereocenters. The number of nitrogens with one attached hydrogen (secondary N) is 2. The molecular formula is C18H29N3O3. The minimum absolute atomic E-state index is 0.139. The van der Waals surface area contributed by atoms with Gasteiger partial charge < -0.3 is 20.3 Å². The maximum Gasteiger partial charge on any atom is 0.322 e. The molecule has 2 atom stereocenters. The standard InChI is InChI=1S/C18H29N3O3/c1-7-21(13(4)12(2)3)18(23)20-16-10-8-9-15(11-16)19-17(22)14(5)24-6/h8-14H,7H2,1-6H3,(H,19,22)(H,20,23)/t13-,14+/m1/s1. The van der Waals surface area contributed by atoms with Gasteiger partial charge in [-0.1, -0.05) is 19.9 Å². The first kappa shape index (κ1) is 20.0. The van der Waals surface area contributed by atoms with E-state index in [1.807, 2.05) is 13.8 Å². The summed E-state index contributed by atoms with van der Waals surface area (Å²) in [7, 11) is 1.48. The normalized spacial score (nSPS) is 13.3. The molecule has 0 radical (unpaired) electrons. The third-order valence-corrected chi connectivity index (χ3v) is 4.16. The van der Waals surface area contributed by atoms with Gasteiger partial charge in [-0.25, -0.2) is 4.79 Å². The lowest BCUT2D eigenvalue weighted by Gasteiger charge is -2.31. The van der Waals surface area contributed by atoms with Crippen LogP contribution >= 0.6 is 0 Å². The van der Waals surface area contributed by atoms with Gasteiger partial charge in [0, 0.05) is 31.1 Å². The van der Waals surface area contributed by atoms with E-state index in [-0.39, 0.29) is 18.0 Å². The highest BCUT2D eigenvalue weighted by Crippen LogP contribution is 2.18. The Morgan fingerprint density at radius 2 is 1.71 bits per heavy atom. The number of hydrogen-bond acceptors (Lipinski definition) is 3. The zero-order chi connectivity index (χ0) is 18.3. The van der Waals surface area contributed by atoms with Crippen LogP contribution in [0.25, 0.3) is 0 Å². The number of methoxy groups -OCH3 is 1. The summed E-state index contributed by atoms with van der Waals surface area (Å²) in [6.45, 7) is 10.5.